The van der Waals surface area contributed by atoms with Gasteiger partial charge in [0.25, 0.3) is 0 Å². The molecule has 1 fully saturated rings. The Kier molecular flexibility index (Phi) is 4.56. The number of nitro groups is 1. The largest absolute Gasteiger partial charge is 0.367 e. The number of ether oxygens (including phenoxy) is 1. The second-order valence-electron chi connectivity index (χ2n) is 5.29. The van der Waals surface area contributed by atoms with E-state index in [4.69, 9.17) is 4.74 Å². The van der Waals surface area contributed by atoms with Gasteiger partial charge in [-0.15, -0.1) is 0 Å². The Morgan fingerprint density at radius 3 is 2.52 bits per heavy atom. The molecule has 1 aromatic rings. The Bertz CT molecular complexity index is 525. The van der Waals surface area contributed by atoms with Crippen molar-refractivity contribution in [3.8, 4) is 0 Å². The van der Waals surface area contributed by atoms with Gasteiger partial charge in [-0.25, -0.2) is 9.97 Å². The average Bonchev–Trinajstić information content (AvgIpc) is 2.74. The molecule has 4 unspecified atom stereocenters. The predicted molar refractivity (Wildman–Crippen MR) is 79.1 cm³/mol. The first-order chi connectivity index (χ1) is 9.99. The zero-order valence-electron chi connectivity index (χ0n) is 12.7. The summed E-state index contributed by atoms with van der Waals surface area (Å²) < 4.78 is 5.93. The fraction of sp³-hybridized carbons (Fsp3) is 0.692. The molecule has 21 heavy (non-hydrogen) atoms. The molecule has 8 nitrogen and oxygen atoms in total. The fourth-order valence-electron chi connectivity index (χ4n) is 2.66. The van der Waals surface area contributed by atoms with Crippen molar-refractivity contribution in [1.82, 2.24) is 9.97 Å². The van der Waals surface area contributed by atoms with Gasteiger partial charge in [0.15, 0.2) is 0 Å². The molecule has 0 saturated carbocycles. The smallest absolute Gasteiger partial charge is 0.353 e. The Morgan fingerprint density at radius 2 is 2.00 bits per heavy atom. The lowest BCUT2D eigenvalue weighted by atomic mass is 9.92. The summed E-state index contributed by atoms with van der Waals surface area (Å²) in [6.45, 7) is 6.28. The standard InChI is InChI=1S/C13H21N5O3/c1-5-9-7(2)8(3)13(21-9)17-12-10(18(19)20)11(14-4)15-6-16-12/h6-9,13H,5H2,1-4H3,(H2,14,15,16,17). The van der Waals surface area contributed by atoms with Crippen molar-refractivity contribution in [2.75, 3.05) is 17.7 Å². The van der Waals surface area contributed by atoms with Crippen LogP contribution in [0.15, 0.2) is 6.33 Å². The molecule has 0 radical (unpaired) electrons. The second kappa shape index (κ2) is 6.21. The molecule has 4 atom stereocenters. The third kappa shape index (κ3) is 2.90. The summed E-state index contributed by atoms with van der Waals surface area (Å²) in [5, 5.41) is 17.0. The zero-order valence-corrected chi connectivity index (χ0v) is 12.7. The van der Waals surface area contributed by atoms with Gasteiger partial charge in [0.2, 0.25) is 11.6 Å². The quantitative estimate of drug-likeness (QED) is 0.634. The van der Waals surface area contributed by atoms with Gasteiger partial charge < -0.3 is 15.4 Å². The van der Waals surface area contributed by atoms with E-state index >= 15 is 0 Å². The maximum absolute atomic E-state index is 11.2. The van der Waals surface area contributed by atoms with Gasteiger partial charge >= 0.3 is 5.69 Å². The van der Waals surface area contributed by atoms with Gasteiger partial charge in [0, 0.05) is 13.0 Å². The summed E-state index contributed by atoms with van der Waals surface area (Å²) in [6, 6.07) is 0. The van der Waals surface area contributed by atoms with E-state index in [2.05, 4.69) is 41.4 Å². The highest BCUT2D eigenvalue weighted by molar-refractivity contribution is 5.69. The number of hydrogen-bond donors (Lipinski definition) is 2. The molecule has 1 saturated heterocycles. The van der Waals surface area contributed by atoms with Crippen LogP contribution in [0.1, 0.15) is 27.2 Å². The van der Waals surface area contributed by atoms with Crippen molar-refractivity contribution in [2.45, 2.75) is 39.5 Å². The third-order valence-electron chi connectivity index (χ3n) is 4.14. The summed E-state index contributed by atoms with van der Waals surface area (Å²) in [6.07, 6.45) is 2.07. The van der Waals surface area contributed by atoms with Gasteiger partial charge in [0.1, 0.15) is 12.6 Å². The third-order valence-corrected chi connectivity index (χ3v) is 4.14. The number of nitrogens with one attached hydrogen (secondary N) is 2. The molecule has 0 spiro atoms. The summed E-state index contributed by atoms with van der Waals surface area (Å²) >= 11 is 0. The Hall–Kier alpha value is -1.96. The molecule has 0 bridgehead atoms. The zero-order chi connectivity index (χ0) is 15.6. The molecule has 1 aromatic heterocycles. The lowest BCUT2D eigenvalue weighted by Crippen LogP contribution is -2.26. The summed E-state index contributed by atoms with van der Waals surface area (Å²) in [7, 11) is 1.59. The van der Waals surface area contributed by atoms with E-state index in [-0.39, 0.29) is 35.6 Å². The summed E-state index contributed by atoms with van der Waals surface area (Å²) in [4.78, 5) is 18.6. The number of aromatic nitrogens is 2. The highest BCUT2D eigenvalue weighted by atomic mass is 16.6. The lowest BCUT2D eigenvalue weighted by Gasteiger charge is -2.18. The number of rotatable bonds is 5. The van der Waals surface area contributed by atoms with Crippen molar-refractivity contribution >= 4 is 17.3 Å². The summed E-state index contributed by atoms with van der Waals surface area (Å²) in [5.41, 5.74) is -0.164. The number of nitrogens with zero attached hydrogens (tertiary/aromatic N) is 3. The molecule has 1 aliphatic rings. The predicted octanol–water partition coefficient (Wildman–Crippen LogP) is 2.25. The second-order valence-corrected chi connectivity index (χ2v) is 5.29. The minimum Gasteiger partial charge on any atom is -0.367 e. The van der Waals surface area contributed by atoms with Crippen LogP contribution in [0, 0.1) is 22.0 Å². The van der Waals surface area contributed by atoms with Crippen LogP contribution in [0.25, 0.3) is 0 Å². The molecular weight excluding hydrogens is 274 g/mol. The van der Waals surface area contributed by atoms with Crippen LogP contribution in [-0.4, -0.2) is 34.3 Å². The average molecular weight is 295 g/mol. The maximum atomic E-state index is 11.2. The van der Waals surface area contributed by atoms with E-state index in [1.165, 1.54) is 6.33 Å². The van der Waals surface area contributed by atoms with Crippen LogP contribution >= 0.6 is 0 Å². The van der Waals surface area contributed by atoms with Crippen molar-refractivity contribution in [1.29, 1.82) is 0 Å². The Balaban J connectivity index is 2.26. The molecule has 8 heteroatoms. The van der Waals surface area contributed by atoms with Gasteiger partial charge in [-0.3, -0.25) is 10.1 Å². The molecule has 2 heterocycles. The van der Waals surface area contributed by atoms with E-state index in [0.29, 0.717) is 5.92 Å². The first kappa shape index (κ1) is 15.4. The fourth-order valence-corrected chi connectivity index (χ4v) is 2.66. The highest BCUT2D eigenvalue weighted by Crippen LogP contribution is 2.36. The van der Waals surface area contributed by atoms with Crippen LogP contribution < -0.4 is 10.6 Å². The van der Waals surface area contributed by atoms with E-state index in [1.54, 1.807) is 7.05 Å². The Morgan fingerprint density at radius 1 is 1.33 bits per heavy atom. The van der Waals surface area contributed by atoms with Crippen molar-refractivity contribution < 1.29 is 9.66 Å². The van der Waals surface area contributed by atoms with E-state index < -0.39 is 4.92 Å². The highest BCUT2D eigenvalue weighted by Gasteiger charge is 2.39. The topological polar surface area (TPSA) is 102 Å². The first-order valence-corrected chi connectivity index (χ1v) is 7.08. The van der Waals surface area contributed by atoms with Crippen molar-refractivity contribution in [2.24, 2.45) is 11.8 Å². The monoisotopic (exact) mass is 295 g/mol. The van der Waals surface area contributed by atoms with Crippen molar-refractivity contribution in [3.05, 3.63) is 16.4 Å². The molecule has 1 aliphatic heterocycles. The van der Waals surface area contributed by atoms with E-state index in [1.807, 2.05) is 0 Å². The summed E-state index contributed by atoms with van der Waals surface area (Å²) in [5.74, 6) is 0.989. The minimum absolute atomic E-state index is 0.155. The molecule has 0 aromatic carbocycles. The van der Waals surface area contributed by atoms with Crippen LogP contribution in [0.4, 0.5) is 17.3 Å². The first-order valence-electron chi connectivity index (χ1n) is 7.08. The maximum Gasteiger partial charge on any atom is 0.353 e. The SMILES string of the molecule is CCC1OC(Nc2ncnc(NC)c2[N+](=O)[O-])C(C)C1C. The Labute approximate surface area is 123 Å². The van der Waals surface area contributed by atoms with Gasteiger partial charge in [-0.05, 0) is 12.3 Å². The number of hydrogen-bond acceptors (Lipinski definition) is 7. The number of anilines is 2. The van der Waals surface area contributed by atoms with E-state index in [9.17, 15) is 10.1 Å². The molecule has 0 aliphatic carbocycles. The van der Waals surface area contributed by atoms with Crippen molar-refractivity contribution in [3.63, 3.8) is 0 Å². The van der Waals surface area contributed by atoms with Crippen LogP contribution in [-0.2, 0) is 4.74 Å². The van der Waals surface area contributed by atoms with Crippen LogP contribution in [0.5, 0.6) is 0 Å². The normalized spacial score (nSPS) is 28.4. The lowest BCUT2D eigenvalue weighted by molar-refractivity contribution is -0.383. The molecule has 2 N–H and O–H groups in total. The molecule has 116 valence electrons. The van der Waals surface area contributed by atoms with Gasteiger partial charge in [0.05, 0.1) is 11.0 Å². The van der Waals surface area contributed by atoms with E-state index in [0.717, 1.165) is 6.42 Å². The van der Waals surface area contributed by atoms with Gasteiger partial charge in [-0.2, -0.15) is 0 Å². The molecule has 2 rings (SSSR count). The minimum atomic E-state index is -0.492. The van der Waals surface area contributed by atoms with Crippen LogP contribution in [0.3, 0.4) is 0 Å². The molecule has 0 amide bonds. The van der Waals surface area contributed by atoms with Crippen LogP contribution in [0.2, 0.25) is 0 Å². The van der Waals surface area contributed by atoms with Gasteiger partial charge in [-0.1, -0.05) is 20.8 Å². The molecular formula is C13H21N5O3.